The van der Waals surface area contributed by atoms with Gasteiger partial charge in [-0.3, -0.25) is 0 Å². The lowest BCUT2D eigenvalue weighted by Crippen LogP contribution is -2.04. The molecule has 0 amide bonds. The van der Waals surface area contributed by atoms with Crippen molar-refractivity contribution in [2.45, 2.75) is 0 Å². The molecule has 0 saturated heterocycles. The lowest BCUT2D eigenvalue weighted by Gasteiger charge is -2.18. The molecule has 3 rings (SSSR count). The average molecular weight is 302 g/mol. The van der Waals surface area contributed by atoms with Gasteiger partial charge in [-0.15, -0.1) is 11.3 Å². The number of ether oxygens (including phenoxy) is 1. The number of hydrogen-bond acceptors (Lipinski definition) is 4. The minimum atomic E-state index is -0.0310. The first kappa shape index (κ1) is 13.9. The summed E-state index contributed by atoms with van der Waals surface area (Å²) in [6.45, 7) is 0. The van der Waals surface area contributed by atoms with Gasteiger partial charge in [-0.1, -0.05) is 30.3 Å². The fourth-order valence-corrected chi connectivity index (χ4v) is 2.73. The van der Waals surface area contributed by atoms with E-state index < -0.39 is 0 Å². The molecule has 4 heteroatoms. The van der Waals surface area contributed by atoms with Crippen molar-refractivity contribution in [2.24, 2.45) is 0 Å². The second-order valence-corrected chi connectivity index (χ2v) is 5.49. The highest BCUT2D eigenvalue weighted by Gasteiger charge is 2.17. The fourth-order valence-electron chi connectivity index (χ4n) is 2.12. The molecule has 0 atom stereocenters. The molecule has 1 aliphatic heterocycles. The number of nitriles is 2. The van der Waals surface area contributed by atoms with Gasteiger partial charge in [-0.25, -0.2) is 0 Å². The summed E-state index contributed by atoms with van der Waals surface area (Å²) < 4.78 is 5.67. The van der Waals surface area contributed by atoms with Gasteiger partial charge in [0.05, 0.1) is 0 Å². The van der Waals surface area contributed by atoms with Gasteiger partial charge in [-0.05, 0) is 35.2 Å². The molecule has 3 nitrogen and oxygen atoms in total. The Labute approximate surface area is 132 Å². The van der Waals surface area contributed by atoms with Crippen molar-refractivity contribution in [3.8, 4) is 17.9 Å². The quantitative estimate of drug-likeness (QED) is 0.765. The summed E-state index contributed by atoms with van der Waals surface area (Å²) in [6.07, 6.45) is 5.71. The second-order valence-electron chi connectivity index (χ2n) is 4.51. The van der Waals surface area contributed by atoms with Crippen LogP contribution in [0.5, 0.6) is 5.75 Å². The van der Waals surface area contributed by atoms with Gasteiger partial charge >= 0.3 is 0 Å². The Morgan fingerprint density at radius 3 is 2.59 bits per heavy atom. The minimum Gasteiger partial charge on any atom is -0.455 e. The number of benzene rings is 1. The third kappa shape index (κ3) is 2.69. The van der Waals surface area contributed by atoms with Gasteiger partial charge in [0, 0.05) is 10.4 Å². The molecule has 2 heterocycles. The maximum atomic E-state index is 9.04. The van der Waals surface area contributed by atoms with E-state index in [9.17, 15) is 0 Å². The lowest BCUT2D eigenvalue weighted by atomic mass is 10.00. The van der Waals surface area contributed by atoms with Crippen molar-refractivity contribution in [1.29, 1.82) is 10.5 Å². The number of rotatable bonds is 2. The molecule has 22 heavy (non-hydrogen) atoms. The van der Waals surface area contributed by atoms with Crippen LogP contribution in [0.4, 0.5) is 0 Å². The van der Waals surface area contributed by atoms with Crippen LogP contribution < -0.4 is 4.74 Å². The molecule has 1 aliphatic rings. The number of thiophene rings is 1. The molecule has 0 unspecified atom stereocenters. The van der Waals surface area contributed by atoms with E-state index in [4.69, 9.17) is 15.3 Å². The summed E-state index contributed by atoms with van der Waals surface area (Å²) in [6, 6.07) is 15.3. The zero-order valence-electron chi connectivity index (χ0n) is 11.5. The molecule has 0 spiro atoms. The summed E-state index contributed by atoms with van der Waals surface area (Å²) in [7, 11) is 0. The van der Waals surface area contributed by atoms with Crippen LogP contribution in [0.25, 0.3) is 11.6 Å². The van der Waals surface area contributed by atoms with Gasteiger partial charge in [0.2, 0.25) is 0 Å². The van der Waals surface area contributed by atoms with E-state index in [1.54, 1.807) is 17.4 Å². The van der Waals surface area contributed by atoms with Gasteiger partial charge in [0.15, 0.2) is 11.3 Å². The summed E-state index contributed by atoms with van der Waals surface area (Å²) in [4.78, 5) is 1.14. The van der Waals surface area contributed by atoms with E-state index in [1.807, 2.05) is 66.1 Å². The molecule has 0 aliphatic carbocycles. The van der Waals surface area contributed by atoms with Crippen LogP contribution in [0.3, 0.4) is 0 Å². The molecule has 0 radical (unpaired) electrons. The lowest BCUT2D eigenvalue weighted by molar-refractivity contribution is 0.436. The van der Waals surface area contributed by atoms with Crippen LogP contribution in [0.2, 0.25) is 0 Å². The third-order valence-corrected chi connectivity index (χ3v) is 3.98. The molecule has 0 bridgehead atoms. The van der Waals surface area contributed by atoms with Gasteiger partial charge in [0.25, 0.3) is 0 Å². The van der Waals surface area contributed by atoms with Crippen molar-refractivity contribution >= 4 is 23.0 Å². The summed E-state index contributed by atoms with van der Waals surface area (Å²) in [5, 5.41) is 20.1. The second kappa shape index (κ2) is 6.13. The highest BCUT2D eigenvalue weighted by atomic mass is 32.1. The van der Waals surface area contributed by atoms with Crippen molar-refractivity contribution < 1.29 is 4.74 Å². The topological polar surface area (TPSA) is 56.8 Å². The fraction of sp³-hybridized carbons (Fsp3) is 0. The van der Waals surface area contributed by atoms with Gasteiger partial charge in [-0.2, -0.15) is 10.5 Å². The summed E-state index contributed by atoms with van der Waals surface area (Å²) in [5.74, 6) is 0.934. The van der Waals surface area contributed by atoms with Crippen molar-refractivity contribution in [3.05, 3.63) is 75.7 Å². The van der Waals surface area contributed by atoms with Gasteiger partial charge in [0.1, 0.15) is 17.9 Å². The van der Waals surface area contributed by atoms with E-state index in [0.29, 0.717) is 5.75 Å². The standard InChI is InChI=1S/C18H10N2OS/c19-11-14(12-20)18-10-13(7-8-15-4-3-9-22-15)16-5-1-2-6-17(16)21-18/h1-10H/b8-7+. The molecule has 2 aromatic rings. The van der Waals surface area contributed by atoms with Crippen molar-refractivity contribution in [3.63, 3.8) is 0 Å². The zero-order chi connectivity index (χ0) is 15.4. The average Bonchev–Trinajstić information content (AvgIpc) is 3.07. The van der Waals surface area contributed by atoms with E-state index in [2.05, 4.69) is 0 Å². The Bertz CT molecular complexity index is 859. The number of fused-ring (bicyclic) bond motifs is 1. The number of hydrogen-bond donors (Lipinski definition) is 0. The zero-order valence-corrected chi connectivity index (χ0v) is 12.3. The molecule has 0 saturated carbocycles. The number of nitrogens with zero attached hydrogens (tertiary/aromatic N) is 2. The smallest absolute Gasteiger partial charge is 0.172 e. The molecule has 1 aromatic carbocycles. The highest BCUT2D eigenvalue weighted by molar-refractivity contribution is 7.10. The Balaban J connectivity index is 2.09. The highest BCUT2D eigenvalue weighted by Crippen LogP contribution is 2.35. The Morgan fingerprint density at radius 2 is 1.86 bits per heavy atom. The molecule has 0 fully saturated rings. The summed E-state index contributed by atoms with van der Waals surface area (Å²) >= 11 is 1.65. The molecule has 1 aromatic heterocycles. The number of para-hydroxylation sites is 1. The van der Waals surface area contributed by atoms with Crippen LogP contribution in [0, 0.1) is 22.7 Å². The van der Waals surface area contributed by atoms with E-state index >= 15 is 0 Å². The monoisotopic (exact) mass is 302 g/mol. The first-order valence-corrected chi connectivity index (χ1v) is 7.45. The van der Waals surface area contributed by atoms with E-state index in [-0.39, 0.29) is 11.3 Å². The van der Waals surface area contributed by atoms with E-state index in [0.717, 1.165) is 16.0 Å². The van der Waals surface area contributed by atoms with E-state index in [1.165, 1.54) is 0 Å². The minimum absolute atomic E-state index is 0.0310. The molecule has 104 valence electrons. The molecular weight excluding hydrogens is 292 g/mol. The maximum absolute atomic E-state index is 9.04. The molecular formula is C18H10N2OS. The predicted molar refractivity (Wildman–Crippen MR) is 86.7 cm³/mol. The largest absolute Gasteiger partial charge is 0.455 e. The Hall–Kier alpha value is -3.08. The predicted octanol–water partition coefficient (Wildman–Crippen LogP) is 4.54. The van der Waals surface area contributed by atoms with Crippen LogP contribution >= 0.6 is 11.3 Å². The Morgan fingerprint density at radius 1 is 1.05 bits per heavy atom. The van der Waals surface area contributed by atoms with Crippen LogP contribution in [-0.4, -0.2) is 0 Å². The van der Waals surface area contributed by atoms with Crippen LogP contribution in [-0.2, 0) is 0 Å². The summed E-state index contributed by atoms with van der Waals surface area (Å²) in [5.41, 5.74) is 1.82. The van der Waals surface area contributed by atoms with Crippen LogP contribution in [0.1, 0.15) is 10.4 Å². The SMILES string of the molecule is N#CC(C#N)=C1C=C(/C=C/c2cccs2)c2ccccc2O1. The third-order valence-electron chi connectivity index (χ3n) is 3.14. The Kier molecular flexibility index (Phi) is 3.87. The van der Waals surface area contributed by atoms with Gasteiger partial charge < -0.3 is 4.74 Å². The number of allylic oxidation sites excluding steroid dienone is 4. The van der Waals surface area contributed by atoms with Crippen molar-refractivity contribution in [1.82, 2.24) is 0 Å². The molecule has 0 N–H and O–H groups in total. The maximum Gasteiger partial charge on any atom is 0.172 e. The van der Waals surface area contributed by atoms with Crippen molar-refractivity contribution in [2.75, 3.05) is 0 Å². The first-order valence-electron chi connectivity index (χ1n) is 6.57. The first-order chi connectivity index (χ1) is 10.8. The van der Waals surface area contributed by atoms with Crippen LogP contribution in [0.15, 0.2) is 65.3 Å². The normalized spacial score (nSPS) is 12.8.